The van der Waals surface area contributed by atoms with Crippen molar-refractivity contribution < 1.29 is 23.1 Å². The molecule has 1 N–H and O–H groups in total. The maximum absolute atomic E-state index is 12.7. The van der Waals surface area contributed by atoms with Crippen molar-refractivity contribution in [2.75, 3.05) is 0 Å². The molecule has 0 saturated carbocycles. The Hall–Kier alpha value is -2.50. The minimum Gasteiger partial charge on any atom is -0.489 e. The number of oxime groups is 1. The van der Waals surface area contributed by atoms with Crippen LogP contribution in [0.25, 0.3) is 0 Å². The molecule has 2 aromatic carbocycles. The van der Waals surface area contributed by atoms with E-state index < -0.39 is 11.9 Å². The van der Waals surface area contributed by atoms with Crippen LogP contribution in [0.4, 0.5) is 13.2 Å². The third-order valence-electron chi connectivity index (χ3n) is 2.72. The SMILES string of the molecule is O/N=C(/c1cccc(OCc2ccccc2)c1)C(F)(F)F. The smallest absolute Gasteiger partial charge is 0.437 e. The van der Waals surface area contributed by atoms with E-state index in [1.807, 2.05) is 30.3 Å². The van der Waals surface area contributed by atoms with Crippen molar-refractivity contribution in [3.05, 3.63) is 65.7 Å². The van der Waals surface area contributed by atoms with Gasteiger partial charge in [-0.05, 0) is 17.7 Å². The van der Waals surface area contributed by atoms with Crippen LogP contribution in [0.3, 0.4) is 0 Å². The predicted molar refractivity (Wildman–Crippen MR) is 71.6 cm³/mol. The van der Waals surface area contributed by atoms with Crippen LogP contribution in [-0.4, -0.2) is 17.1 Å². The van der Waals surface area contributed by atoms with Gasteiger partial charge in [-0.1, -0.05) is 47.6 Å². The van der Waals surface area contributed by atoms with E-state index >= 15 is 0 Å². The van der Waals surface area contributed by atoms with E-state index in [9.17, 15) is 13.2 Å². The van der Waals surface area contributed by atoms with Gasteiger partial charge in [-0.3, -0.25) is 0 Å². The van der Waals surface area contributed by atoms with Gasteiger partial charge in [-0.15, -0.1) is 0 Å². The molecular weight excluding hydrogens is 283 g/mol. The minimum atomic E-state index is -4.73. The van der Waals surface area contributed by atoms with Crippen molar-refractivity contribution in [1.82, 2.24) is 0 Å². The van der Waals surface area contributed by atoms with Crippen molar-refractivity contribution >= 4 is 5.71 Å². The van der Waals surface area contributed by atoms with Crippen LogP contribution in [0.2, 0.25) is 0 Å². The first-order valence-corrected chi connectivity index (χ1v) is 6.07. The Kier molecular flexibility index (Phi) is 4.47. The quantitative estimate of drug-likeness (QED) is 0.526. The van der Waals surface area contributed by atoms with Gasteiger partial charge in [0.25, 0.3) is 0 Å². The number of hydrogen-bond donors (Lipinski definition) is 1. The summed E-state index contributed by atoms with van der Waals surface area (Å²) in [6.45, 7) is 0.238. The second-order valence-corrected chi connectivity index (χ2v) is 4.25. The van der Waals surface area contributed by atoms with Crippen molar-refractivity contribution in [2.45, 2.75) is 12.8 Å². The zero-order valence-electron chi connectivity index (χ0n) is 10.8. The molecule has 0 aliphatic rings. The molecule has 0 heterocycles. The highest BCUT2D eigenvalue weighted by atomic mass is 19.4. The van der Waals surface area contributed by atoms with Crippen LogP contribution in [-0.2, 0) is 6.61 Å². The molecule has 21 heavy (non-hydrogen) atoms. The molecule has 0 radical (unpaired) electrons. The zero-order valence-corrected chi connectivity index (χ0v) is 10.8. The summed E-state index contributed by atoms with van der Waals surface area (Å²) in [5.74, 6) is 0.266. The highest BCUT2D eigenvalue weighted by Gasteiger charge is 2.37. The summed E-state index contributed by atoms with van der Waals surface area (Å²) in [5, 5.41) is 10.9. The number of hydrogen-bond acceptors (Lipinski definition) is 3. The minimum absolute atomic E-state index is 0.238. The monoisotopic (exact) mass is 295 g/mol. The lowest BCUT2D eigenvalue weighted by Gasteiger charge is -2.11. The molecule has 6 heteroatoms. The molecule has 0 fully saturated rings. The fraction of sp³-hybridized carbons (Fsp3) is 0.133. The van der Waals surface area contributed by atoms with E-state index in [0.717, 1.165) is 5.56 Å². The average Bonchev–Trinajstić information content (AvgIpc) is 2.46. The number of rotatable bonds is 4. The van der Waals surface area contributed by atoms with Gasteiger partial charge in [0.1, 0.15) is 12.4 Å². The molecule has 0 saturated heterocycles. The third-order valence-corrected chi connectivity index (χ3v) is 2.72. The molecule has 110 valence electrons. The Morgan fingerprint density at radius 3 is 2.38 bits per heavy atom. The number of halogens is 3. The number of ether oxygens (including phenoxy) is 1. The molecule has 2 aromatic rings. The van der Waals surface area contributed by atoms with Gasteiger partial charge < -0.3 is 9.94 Å². The molecule has 0 aliphatic carbocycles. The molecule has 0 bridgehead atoms. The summed E-state index contributed by atoms with van der Waals surface area (Å²) in [7, 11) is 0. The summed E-state index contributed by atoms with van der Waals surface area (Å²) >= 11 is 0. The van der Waals surface area contributed by atoms with E-state index in [2.05, 4.69) is 5.16 Å². The maximum atomic E-state index is 12.7. The molecule has 3 nitrogen and oxygen atoms in total. The Labute approximate surface area is 119 Å². The standard InChI is InChI=1S/C15H12F3NO2/c16-15(17,18)14(19-20)12-7-4-8-13(9-12)21-10-11-5-2-1-3-6-11/h1-9,20H,10H2/b19-14-. The Bertz CT molecular complexity index is 624. The third kappa shape index (κ3) is 3.98. The highest BCUT2D eigenvalue weighted by molar-refractivity contribution is 6.04. The van der Waals surface area contributed by atoms with Crippen molar-refractivity contribution in [1.29, 1.82) is 0 Å². The largest absolute Gasteiger partial charge is 0.489 e. The lowest BCUT2D eigenvalue weighted by Crippen LogP contribution is -2.24. The van der Waals surface area contributed by atoms with Crippen LogP contribution in [0.1, 0.15) is 11.1 Å². The zero-order chi connectivity index (χ0) is 15.3. The van der Waals surface area contributed by atoms with Crippen molar-refractivity contribution in [3.8, 4) is 5.75 Å². The van der Waals surface area contributed by atoms with Gasteiger partial charge in [0, 0.05) is 5.56 Å². The summed E-state index contributed by atoms with van der Waals surface area (Å²) in [6.07, 6.45) is -4.73. The van der Waals surface area contributed by atoms with Gasteiger partial charge >= 0.3 is 6.18 Å². The molecule has 0 amide bonds. The molecule has 0 aromatic heterocycles. The van der Waals surface area contributed by atoms with Gasteiger partial charge in [-0.2, -0.15) is 13.2 Å². The summed E-state index contributed by atoms with van der Waals surface area (Å²) in [6, 6.07) is 14.6. The first kappa shape index (κ1) is 14.9. The van der Waals surface area contributed by atoms with Gasteiger partial charge in [0.2, 0.25) is 0 Å². The summed E-state index contributed by atoms with van der Waals surface area (Å²) < 4.78 is 43.4. The fourth-order valence-electron chi connectivity index (χ4n) is 1.75. The molecule has 2 rings (SSSR count). The van der Waals surface area contributed by atoms with Gasteiger partial charge in [-0.25, -0.2) is 0 Å². The molecule has 0 aliphatic heterocycles. The van der Waals surface area contributed by atoms with Crippen LogP contribution in [0.5, 0.6) is 5.75 Å². The van der Waals surface area contributed by atoms with E-state index in [-0.39, 0.29) is 17.9 Å². The lowest BCUT2D eigenvalue weighted by molar-refractivity contribution is -0.0601. The van der Waals surface area contributed by atoms with E-state index in [1.54, 1.807) is 0 Å². The lowest BCUT2D eigenvalue weighted by atomic mass is 10.1. The molecule has 0 unspecified atom stereocenters. The molecule has 0 atom stereocenters. The van der Waals surface area contributed by atoms with Crippen molar-refractivity contribution in [3.63, 3.8) is 0 Å². The van der Waals surface area contributed by atoms with Crippen molar-refractivity contribution in [2.24, 2.45) is 5.16 Å². The van der Waals surface area contributed by atoms with Crippen LogP contribution in [0.15, 0.2) is 59.8 Å². The van der Waals surface area contributed by atoms with Gasteiger partial charge in [0.05, 0.1) is 0 Å². The van der Waals surface area contributed by atoms with E-state index in [4.69, 9.17) is 9.94 Å². The Morgan fingerprint density at radius 2 is 1.76 bits per heavy atom. The molecular formula is C15H12F3NO2. The first-order valence-electron chi connectivity index (χ1n) is 6.07. The summed E-state index contributed by atoms with van der Waals surface area (Å²) in [4.78, 5) is 0. The van der Waals surface area contributed by atoms with E-state index in [0.29, 0.717) is 0 Å². The summed E-state index contributed by atoms with van der Waals surface area (Å²) in [5.41, 5.74) is -0.710. The maximum Gasteiger partial charge on any atom is 0.437 e. The Balaban J connectivity index is 2.15. The average molecular weight is 295 g/mol. The Morgan fingerprint density at radius 1 is 1.05 bits per heavy atom. The van der Waals surface area contributed by atoms with Crippen LogP contribution < -0.4 is 4.74 Å². The second kappa shape index (κ2) is 6.30. The van der Waals surface area contributed by atoms with Gasteiger partial charge in [0.15, 0.2) is 5.71 Å². The number of nitrogens with zero attached hydrogens (tertiary/aromatic N) is 1. The van der Waals surface area contributed by atoms with Crippen LogP contribution in [0, 0.1) is 0 Å². The highest BCUT2D eigenvalue weighted by Crippen LogP contribution is 2.25. The topological polar surface area (TPSA) is 41.8 Å². The normalized spacial score (nSPS) is 12.2. The molecule has 0 spiro atoms. The number of alkyl halides is 3. The van der Waals surface area contributed by atoms with E-state index in [1.165, 1.54) is 24.3 Å². The fourth-order valence-corrected chi connectivity index (χ4v) is 1.75. The second-order valence-electron chi connectivity index (χ2n) is 4.25. The predicted octanol–water partition coefficient (Wildman–Crippen LogP) is 4.01. The first-order chi connectivity index (χ1) is 10.0. The van der Waals surface area contributed by atoms with Crippen LogP contribution >= 0.6 is 0 Å². The number of benzene rings is 2.